The fourth-order valence-corrected chi connectivity index (χ4v) is 9.07. The van der Waals surface area contributed by atoms with E-state index in [4.69, 9.17) is 24.2 Å². The maximum atomic E-state index is 13.3. The first-order valence-corrected chi connectivity index (χ1v) is 21.9. The monoisotopic (exact) mass is 840 g/mol. The second kappa shape index (κ2) is 15.5. The van der Waals surface area contributed by atoms with Crippen LogP contribution >= 0.6 is 0 Å². The van der Waals surface area contributed by atoms with E-state index in [-0.39, 0.29) is 24.3 Å². The van der Waals surface area contributed by atoms with E-state index in [0.29, 0.717) is 31.4 Å². The summed E-state index contributed by atoms with van der Waals surface area (Å²) in [5, 5.41) is 3.25. The van der Waals surface area contributed by atoms with Gasteiger partial charge in [0, 0.05) is 35.0 Å². The molecule has 0 spiro atoms. The Bertz CT molecular complexity index is 2810. The zero-order valence-electron chi connectivity index (χ0n) is 35.9. The number of carbonyl (C=O) groups excluding carboxylic acids is 2. The van der Waals surface area contributed by atoms with Crippen molar-refractivity contribution in [3.8, 4) is 39.4 Å². The minimum absolute atomic E-state index is 0.152. The van der Waals surface area contributed by atoms with Crippen LogP contribution in [0.1, 0.15) is 91.5 Å². The highest BCUT2D eigenvalue weighted by atomic mass is 32.1. The first-order chi connectivity index (χ1) is 29.2. The van der Waals surface area contributed by atoms with Crippen molar-refractivity contribution in [1.29, 1.82) is 0 Å². The van der Waals surface area contributed by atoms with Gasteiger partial charge in [0.25, 0.3) is 0 Å². The number of nitrogens with one attached hydrogen (secondary N) is 2. The van der Waals surface area contributed by atoms with Gasteiger partial charge in [-0.05, 0) is 132 Å². The summed E-state index contributed by atoms with van der Waals surface area (Å²) in [5.74, 6) is 2.80. The van der Waals surface area contributed by atoms with Crippen LogP contribution in [-0.2, 0) is 28.8 Å². The van der Waals surface area contributed by atoms with Crippen LogP contribution in [0.15, 0.2) is 79.0 Å². The molecule has 12 nitrogen and oxygen atoms in total. The molecule has 0 radical (unpaired) electrons. The van der Waals surface area contributed by atoms with Crippen LogP contribution in [0.5, 0.6) is 5.75 Å². The van der Waals surface area contributed by atoms with E-state index in [1.165, 1.54) is 0 Å². The van der Waals surface area contributed by atoms with Gasteiger partial charge in [0.15, 0.2) is 6.73 Å². The number of aromatic amines is 2. The van der Waals surface area contributed by atoms with Crippen LogP contribution < -0.4 is 4.74 Å². The number of likely N-dealkylation sites (tertiary alicyclic amines) is 1. The number of amides is 2. The molecule has 2 atom stereocenters. The summed E-state index contributed by atoms with van der Waals surface area (Å²) in [6, 6.07) is 25.3. The standard InChI is InChI=1S/C48H53N7O5S/c1-8-19-53(45(56)59-47(2,3)4)40(26-61)44-50-35-17-13-30-21-28(11-15-33(30)42(35)52-44)29-14-18-37-32(22-29)23-39-34-16-12-31(24-41(34)58-27-55(37)39)36-25-49-43(51-36)38-10-9-20-54(38)46(57)60-48(5,6)7/h11-18,21-25,38,40,61H,8-10,19-20,26-27H2,1-7H3,(H,49,51)(H,50,52)/p+1/t38-,40+/m0/s1. The molecule has 316 valence electrons. The van der Waals surface area contributed by atoms with E-state index in [2.05, 4.69) is 107 Å². The Balaban J connectivity index is 0.964. The molecule has 1 saturated heterocycles. The summed E-state index contributed by atoms with van der Waals surface area (Å²) < 4.78 is 20.1. The third-order valence-corrected chi connectivity index (χ3v) is 11.8. The molecule has 5 heterocycles. The Kier molecular flexibility index (Phi) is 10.3. The van der Waals surface area contributed by atoms with E-state index < -0.39 is 11.2 Å². The van der Waals surface area contributed by atoms with Crippen LogP contribution in [0.4, 0.5) is 9.59 Å². The molecular formula is C48H54N7O5S+. The van der Waals surface area contributed by atoms with Crippen molar-refractivity contribution in [3.05, 3.63) is 90.6 Å². The molecule has 2 amide bonds. The lowest BCUT2D eigenvalue weighted by Gasteiger charge is -2.30. The number of hydrogen-bond acceptors (Lipinski definition) is 7. The number of fused-ring (bicyclic) bond motifs is 8. The highest BCUT2D eigenvalue weighted by molar-refractivity contribution is 7.58. The van der Waals surface area contributed by atoms with Crippen molar-refractivity contribution in [2.24, 2.45) is 0 Å². The van der Waals surface area contributed by atoms with Gasteiger partial charge in [0.05, 0.1) is 40.2 Å². The smallest absolute Gasteiger partial charge is 0.411 e. The number of carbonyl (C=O) groups is 2. The zero-order valence-corrected chi connectivity index (χ0v) is 36.9. The van der Waals surface area contributed by atoms with E-state index in [0.717, 1.165) is 97.2 Å². The highest BCUT2D eigenvalue weighted by Crippen LogP contribution is 2.42. The molecule has 0 unspecified atom stereocenters. The lowest BCUT2D eigenvalue weighted by atomic mass is 9.99. The number of ether oxygens (including phenoxy) is 3. The predicted molar refractivity (Wildman–Crippen MR) is 244 cm³/mol. The van der Waals surface area contributed by atoms with Gasteiger partial charge in [-0.1, -0.05) is 37.3 Å². The van der Waals surface area contributed by atoms with Gasteiger partial charge in [-0.2, -0.15) is 0 Å². The number of rotatable bonds is 8. The average Bonchev–Trinajstić information content (AvgIpc) is 4.04. The summed E-state index contributed by atoms with van der Waals surface area (Å²) >= 11 is 3.71. The van der Waals surface area contributed by atoms with Crippen molar-refractivity contribution < 1.29 is 23.8 Å². The normalized spacial score (nSPS) is 15.8. The van der Waals surface area contributed by atoms with Gasteiger partial charge in [0.2, 0.25) is 0 Å². The molecule has 9 rings (SSSR count). The number of H-pyrrole nitrogens is 2. The van der Waals surface area contributed by atoms with E-state index in [1.807, 2.05) is 47.7 Å². The van der Waals surface area contributed by atoms with E-state index in [9.17, 15) is 9.59 Å². The molecule has 7 aromatic rings. The maximum absolute atomic E-state index is 13.3. The molecule has 13 heteroatoms. The molecule has 2 aliphatic rings. The molecule has 0 saturated carbocycles. The maximum Gasteiger partial charge on any atom is 0.411 e. The third kappa shape index (κ3) is 7.80. The minimum Gasteiger partial charge on any atom is -0.472 e. The van der Waals surface area contributed by atoms with E-state index in [1.54, 1.807) is 9.80 Å². The Morgan fingerprint density at radius 1 is 0.918 bits per heavy atom. The summed E-state index contributed by atoms with van der Waals surface area (Å²) in [4.78, 5) is 46.5. The first kappa shape index (κ1) is 40.5. The summed E-state index contributed by atoms with van der Waals surface area (Å²) in [6.07, 6.45) is 3.70. The van der Waals surface area contributed by atoms with Gasteiger partial charge >= 0.3 is 12.2 Å². The lowest BCUT2D eigenvalue weighted by Crippen LogP contribution is -2.41. The predicted octanol–water partition coefficient (Wildman–Crippen LogP) is 10.5. The Labute approximate surface area is 361 Å². The van der Waals surface area contributed by atoms with Gasteiger partial charge in [-0.3, -0.25) is 9.80 Å². The van der Waals surface area contributed by atoms with Crippen LogP contribution in [0, 0.1) is 0 Å². The third-order valence-electron chi connectivity index (χ3n) is 11.4. The number of imidazole rings is 2. The fraction of sp³-hybridized carbons (Fsp3) is 0.375. The van der Waals surface area contributed by atoms with Crippen LogP contribution in [0.2, 0.25) is 0 Å². The summed E-state index contributed by atoms with van der Waals surface area (Å²) in [7, 11) is 0. The number of nitrogens with zero attached hydrogens (tertiary/aromatic N) is 5. The van der Waals surface area contributed by atoms with Gasteiger partial charge < -0.3 is 28.7 Å². The molecule has 61 heavy (non-hydrogen) atoms. The Morgan fingerprint density at radius 2 is 1.67 bits per heavy atom. The second-order valence-corrected chi connectivity index (χ2v) is 18.6. The highest BCUT2D eigenvalue weighted by Gasteiger charge is 2.35. The van der Waals surface area contributed by atoms with Gasteiger partial charge in [0.1, 0.15) is 40.4 Å². The fourth-order valence-electron chi connectivity index (χ4n) is 8.66. The number of hydrogen-bond donors (Lipinski definition) is 2. The minimum atomic E-state index is -0.600. The van der Waals surface area contributed by atoms with Crippen LogP contribution in [0.25, 0.3) is 66.4 Å². The molecule has 2 aliphatic heterocycles. The lowest BCUT2D eigenvalue weighted by molar-refractivity contribution is 0.0169. The van der Waals surface area contributed by atoms with Crippen molar-refractivity contribution in [3.63, 3.8) is 0 Å². The molecule has 0 bridgehead atoms. The van der Waals surface area contributed by atoms with Crippen molar-refractivity contribution >= 4 is 57.5 Å². The largest absolute Gasteiger partial charge is 0.472 e. The van der Waals surface area contributed by atoms with E-state index >= 15 is 0 Å². The second-order valence-electron chi connectivity index (χ2n) is 18.1. The average molecular weight is 841 g/mol. The molecule has 1 fully saturated rings. The Hall–Kier alpha value is -5.95. The van der Waals surface area contributed by atoms with Crippen molar-refractivity contribution in [1.82, 2.24) is 34.3 Å². The topological polar surface area (TPSA) is 131 Å². The number of aromatic nitrogens is 5. The van der Waals surface area contributed by atoms with Crippen molar-refractivity contribution in [2.45, 2.75) is 97.7 Å². The quantitative estimate of drug-likeness (QED) is 0.146. The van der Waals surface area contributed by atoms with Crippen molar-refractivity contribution in [2.75, 3.05) is 18.8 Å². The zero-order chi connectivity index (χ0) is 42.8. The van der Waals surface area contributed by atoms with Gasteiger partial charge in [-0.15, -0.1) is 0 Å². The molecule has 0 aliphatic carbocycles. The summed E-state index contributed by atoms with van der Waals surface area (Å²) in [6.45, 7) is 15.0. The molecular weight excluding hydrogens is 787 g/mol. The molecule has 4 aromatic carbocycles. The molecule has 3 aromatic heterocycles. The summed E-state index contributed by atoms with van der Waals surface area (Å²) in [5.41, 5.74) is 7.93. The van der Waals surface area contributed by atoms with Gasteiger partial charge in [-0.25, -0.2) is 19.6 Å². The molecule has 2 N–H and O–H groups in total. The first-order valence-electron chi connectivity index (χ1n) is 21.2. The Morgan fingerprint density at radius 3 is 2.43 bits per heavy atom. The van der Waals surface area contributed by atoms with Crippen LogP contribution in [-0.4, -0.2) is 76.5 Å². The number of benzene rings is 4. The van der Waals surface area contributed by atoms with Crippen LogP contribution in [0.3, 0.4) is 0 Å². The SMILES string of the molecule is CCCN(C(=O)OC(C)(C)C)[C@H](C[SH2+])c1nc2c(ccc3cc(-c4ccc5c(c4)cc4n5COc5cc(-c6cnc([C@@H]7CCCN7C(=O)OC(C)(C)C)[nH]6)ccc5-4)ccc32)[nH]1.